The molecule has 0 saturated carbocycles. The van der Waals surface area contributed by atoms with E-state index in [9.17, 15) is 0 Å². The summed E-state index contributed by atoms with van der Waals surface area (Å²) in [5.74, 6) is 0. The van der Waals surface area contributed by atoms with Crippen LogP contribution in [0.1, 0.15) is 5.56 Å². The third-order valence-corrected chi connectivity index (χ3v) is 4.93. The minimum atomic E-state index is 0.553. The maximum absolute atomic E-state index is 6.09. The van der Waals surface area contributed by atoms with Gasteiger partial charge in [-0.05, 0) is 24.3 Å². The van der Waals surface area contributed by atoms with Crippen LogP contribution in [0.2, 0.25) is 10.0 Å². The normalized spacial score (nSPS) is 11.1. The second-order valence-corrected chi connectivity index (χ2v) is 7.14. The molecule has 3 aromatic rings. The minimum Gasteiger partial charge on any atom is -0.253 e. The molecule has 2 aromatic carbocycles. The molecular formula is C16H10BrCl2N3S. The molecule has 1 N–H and O–H groups in total. The maximum Gasteiger partial charge on any atom is 0.203 e. The topological polar surface area (TPSA) is 37.3 Å². The highest BCUT2D eigenvalue weighted by molar-refractivity contribution is 9.10. The molecule has 3 rings (SSSR count). The van der Waals surface area contributed by atoms with E-state index in [-0.39, 0.29) is 0 Å². The Morgan fingerprint density at radius 3 is 2.48 bits per heavy atom. The minimum absolute atomic E-state index is 0.553. The van der Waals surface area contributed by atoms with E-state index in [4.69, 9.17) is 23.2 Å². The summed E-state index contributed by atoms with van der Waals surface area (Å²) in [5, 5.41) is 7.93. The summed E-state index contributed by atoms with van der Waals surface area (Å²) < 4.78 is 1.04. The van der Waals surface area contributed by atoms with E-state index in [2.05, 4.69) is 31.4 Å². The first kappa shape index (κ1) is 16.5. The van der Waals surface area contributed by atoms with Crippen molar-refractivity contribution >= 4 is 61.8 Å². The number of nitrogens with one attached hydrogen (secondary N) is 1. The molecule has 0 saturated heterocycles. The van der Waals surface area contributed by atoms with Gasteiger partial charge in [-0.25, -0.2) is 4.98 Å². The predicted octanol–water partition coefficient (Wildman–Crippen LogP) is 6.33. The molecule has 1 aromatic heterocycles. The third-order valence-electron chi connectivity index (χ3n) is 3.00. The van der Waals surface area contributed by atoms with E-state index in [1.165, 1.54) is 11.3 Å². The molecule has 0 radical (unpaired) electrons. The highest BCUT2D eigenvalue weighted by Crippen LogP contribution is 2.26. The van der Waals surface area contributed by atoms with Crippen molar-refractivity contribution in [2.24, 2.45) is 5.10 Å². The number of nitrogens with zero attached hydrogens (tertiary/aromatic N) is 2. The lowest BCUT2D eigenvalue weighted by molar-refractivity contribution is 1.29. The summed E-state index contributed by atoms with van der Waals surface area (Å²) >= 11 is 17.1. The lowest BCUT2D eigenvalue weighted by Crippen LogP contribution is -1.91. The average molecular weight is 427 g/mol. The zero-order valence-corrected chi connectivity index (χ0v) is 15.5. The van der Waals surface area contributed by atoms with Crippen LogP contribution in [-0.4, -0.2) is 11.2 Å². The van der Waals surface area contributed by atoms with E-state index in [1.807, 2.05) is 29.6 Å². The van der Waals surface area contributed by atoms with E-state index < -0.39 is 0 Å². The van der Waals surface area contributed by atoms with Crippen molar-refractivity contribution in [3.63, 3.8) is 0 Å². The van der Waals surface area contributed by atoms with Crippen LogP contribution in [0.4, 0.5) is 5.13 Å². The molecule has 0 unspecified atom stereocenters. The summed E-state index contributed by atoms with van der Waals surface area (Å²) in [6.07, 6.45) is 1.59. The van der Waals surface area contributed by atoms with Crippen molar-refractivity contribution in [2.75, 3.05) is 5.43 Å². The molecule has 0 atom stereocenters. The van der Waals surface area contributed by atoms with Crippen molar-refractivity contribution in [2.45, 2.75) is 0 Å². The van der Waals surface area contributed by atoms with Crippen LogP contribution in [-0.2, 0) is 0 Å². The summed E-state index contributed by atoms with van der Waals surface area (Å²) in [7, 11) is 0. The van der Waals surface area contributed by atoms with Gasteiger partial charge in [0.1, 0.15) is 0 Å². The predicted molar refractivity (Wildman–Crippen MR) is 103 cm³/mol. The molecule has 0 amide bonds. The number of halogens is 3. The van der Waals surface area contributed by atoms with Crippen LogP contribution in [0.25, 0.3) is 11.3 Å². The second-order valence-electron chi connectivity index (χ2n) is 4.55. The van der Waals surface area contributed by atoms with E-state index in [1.54, 1.807) is 24.4 Å². The number of anilines is 1. The first-order valence-corrected chi connectivity index (χ1v) is 9.01. The summed E-state index contributed by atoms with van der Waals surface area (Å²) in [6.45, 7) is 0. The van der Waals surface area contributed by atoms with Crippen molar-refractivity contribution in [1.82, 2.24) is 4.98 Å². The molecule has 23 heavy (non-hydrogen) atoms. The van der Waals surface area contributed by atoms with Crippen LogP contribution in [0.15, 0.2) is 57.4 Å². The number of hydrogen-bond donors (Lipinski definition) is 1. The van der Waals surface area contributed by atoms with E-state index in [0.717, 1.165) is 15.7 Å². The van der Waals surface area contributed by atoms with Crippen LogP contribution < -0.4 is 5.43 Å². The fourth-order valence-electron chi connectivity index (χ4n) is 1.86. The van der Waals surface area contributed by atoms with Gasteiger partial charge in [-0.1, -0.05) is 57.3 Å². The molecule has 3 nitrogen and oxygen atoms in total. The molecule has 0 aliphatic carbocycles. The summed E-state index contributed by atoms with van der Waals surface area (Å²) in [5.41, 5.74) is 5.52. The SMILES string of the molecule is Clc1cccc(Cl)c1/C=N\Nc1nc(-c2ccc(Br)cc2)cs1. The van der Waals surface area contributed by atoms with Crippen LogP contribution in [0.3, 0.4) is 0 Å². The molecule has 0 aliphatic heterocycles. The monoisotopic (exact) mass is 425 g/mol. The number of thiazole rings is 1. The Morgan fingerprint density at radius 2 is 1.78 bits per heavy atom. The van der Waals surface area contributed by atoms with Crippen LogP contribution >= 0.6 is 50.5 Å². The lowest BCUT2D eigenvalue weighted by Gasteiger charge is -2.00. The maximum atomic E-state index is 6.09. The molecule has 7 heteroatoms. The van der Waals surface area contributed by atoms with Gasteiger partial charge in [0, 0.05) is 21.0 Å². The lowest BCUT2D eigenvalue weighted by atomic mass is 10.2. The number of rotatable bonds is 4. The van der Waals surface area contributed by atoms with Gasteiger partial charge < -0.3 is 0 Å². The Balaban J connectivity index is 1.72. The molecule has 0 fully saturated rings. The van der Waals surface area contributed by atoms with Crippen LogP contribution in [0.5, 0.6) is 0 Å². The Labute approximate surface area is 156 Å². The van der Waals surface area contributed by atoms with E-state index in [0.29, 0.717) is 20.7 Å². The summed E-state index contributed by atoms with van der Waals surface area (Å²) in [4.78, 5) is 4.50. The zero-order valence-electron chi connectivity index (χ0n) is 11.6. The smallest absolute Gasteiger partial charge is 0.203 e. The number of benzene rings is 2. The Morgan fingerprint density at radius 1 is 1.09 bits per heavy atom. The molecule has 0 spiro atoms. The van der Waals surface area contributed by atoms with Crippen molar-refractivity contribution in [3.8, 4) is 11.3 Å². The van der Waals surface area contributed by atoms with E-state index >= 15 is 0 Å². The standard InChI is InChI=1S/C16H10BrCl2N3S/c17-11-6-4-10(5-7-11)15-9-23-16(21-15)22-20-8-12-13(18)2-1-3-14(12)19/h1-9H,(H,21,22)/b20-8-. The zero-order chi connectivity index (χ0) is 16.2. The number of aromatic nitrogens is 1. The van der Waals surface area contributed by atoms with Crippen molar-refractivity contribution in [1.29, 1.82) is 0 Å². The fourth-order valence-corrected chi connectivity index (χ4v) is 3.29. The van der Waals surface area contributed by atoms with Gasteiger partial charge >= 0.3 is 0 Å². The van der Waals surface area contributed by atoms with Gasteiger partial charge in [0.05, 0.1) is 22.0 Å². The molecule has 1 heterocycles. The highest BCUT2D eigenvalue weighted by Gasteiger charge is 2.05. The quantitative estimate of drug-likeness (QED) is 0.391. The number of hydrazone groups is 1. The van der Waals surface area contributed by atoms with Gasteiger partial charge in [0.15, 0.2) is 0 Å². The first-order chi connectivity index (χ1) is 11.1. The average Bonchev–Trinajstić information content (AvgIpc) is 3.00. The molecule has 0 bridgehead atoms. The van der Waals surface area contributed by atoms with Gasteiger partial charge in [-0.3, -0.25) is 5.43 Å². The first-order valence-electron chi connectivity index (χ1n) is 6.58. The Hall–Kier alpha value is -1.40. The van der Waals surface area contributed by atoms with Gasteiger partial charge in [0.25, 0.3) is 0 Å². The molecule has 116 valence electrons. The Kier molecular flexibility index (Phi) is 5.33. The Bertz CT molecular complexity index is 827. The number of hydrogen-bond acceptors (Lipinski definition) is 4. The third kappa shape index (κ3) is 4.12. The molecular weight excluding hydrogens is 417 g/mol. The molecule has 0 aliphatic rings. The van der Waals surface area contributed by atoms with Gasteiger partial charge in [-0.2, -0.15) is 5.10 Å². The largest absolute Gasteiger partial charge is 0.253 e. The van der Waals surface area contributed by atoms with Crippen molar-refractivity contribution in [3.05, 3.63) is 67.9 Å². The highest BCUT2D eigenvalue weighted by atomic mass is 79.9. The van der Waals surface area contributed by atoms with Gasteiger partial charge in [-0.15, -0.1) is 11.3 Å². The van der Waals surface area contributed by atoms with Gasteiger partial charge in [0.2, 0.25) is 5.13 Å². The summed E-state index contributed by atoms with van der Waals surface area (Å²) in [6, 6.07) is 13.3. The van der Waals surface area contributed by atoms with Crippen LogP contribution in [0, 0.1) is 0 Å². The van der Waals surface area contributed by atoms with Crippen molar-refractivity contribution < 1.29 is 0 Å². The second kappa shape index (κ2) is 7.45. The fraction of sp³-hybridized carbons (Fsp3) is 0.